The number of anilines is 1. The number of nitrogens with one attached hydrogen (secondary N) is 1. The van der Waals surface area contributed by atoms with E-state index in [4.69, 9.17) is 0 Å². The highest BCUT2D eigenvalue weighted by atomic mass is 35.5. The van der Waals surface area contributed by atoms with Crippen LogP contribution in [0.2, 0.25) is 0 Å². The number of hydrogen-bond donors (Lipinski definition) is 1. The van der Waals surface area contributed by atoms with Gasteiger partial charge < -0.3 is 10.2 Å². The van der Waals surface area contributed by atoms with E-state index in [0.29, 0.717) is 6.54 Å². The fraction of sp³-hybridized carbons (Fsp3) is 0.462. The molecule has 0 aliphatic rings. The molecule has 0 spiro atoms. The zero-order valence-electron chi connectivity index (χ0n) is 11.1. The fourth-order valence-electron chi connectivity index (χ4n) is 1.84. The number of nitrogens with zero attached hydrogens (tertiary/aromatic N) is 1. The molecule has 1 aromatic rings. The molecule has 0 bridgehead atoms. The second-order valence-electron chi connectivity index (χ2n) is 4.56. The van der Waals surface area contributed by atoms with Crippen LogP contribution in [0.5, 0.6) is 0 Å². The van der Waals surface area contributed by atoms with Gasteiger partial charge in [0.1, 0.15) is 0 Å². The predicted octanol–water partition coefficient (Wildman–Crippen LogP) is 2.53. The number of carbonyl (C=O) groups is 1. The van der Waals surface area contributed by atoms with E-state index in [0.717, 1.165) is 16.8 Å². The summed E-state index contributed by atoms with van der Waals surface area (Å²) in [7, 11) is 3.77. The lowest BCUT2D eigenvalue weighted by molar-refractivity contribution is -0.116. The smallest absolute Gasteiger partial charge is 0.238 e. The first kappa shape index (κ1) is 15.9. The lowest BCUT2D eigenvalue weighted by Crippen LogP contribution is -2.27. The second-order valence-corrected chi connectivity index (χ2v) is 4.56. The summed E-state index contributed by atoms with van der Waals surface area (Å²) in [6.45, 7) is 6.51. The van der Waals surface area contributed by atoms with Gasteiger partial charge in [0.2, 0.25) is 5.91 Å². The van der Waals surface area contributed by atoms with E-state index in [1.165, 1.54) is 5.56 Å². The summed E-state index contributed by atoms with van der Waals surface area (Å²) in [6.07, 6.45) is 0. The van der Waals surface area contributed by atoms with Crippen LogP contribution in [-0.2, 0) is 4.79 Å². The molecule has 96 valence electrons. The second kappa shape index (κ2) is 6.62. The minimum absolute atomic E-state index is 0. The first-order valence-corrected chi connectivity index (χ1v) is 5.42. The molecule has 1 rings (SSSR count). The first-order valence-electron chi connectivity index (χ1n) is 5.42. The Morgan fingerprint density at radius 3 is 2.06 bits per heavy atom. The van der Waals surface area contributed by atoms with Crippen molar-refractivity contribution in [1.29, 1.82) is 0 Å². The summed E-state index contributed by atoms with van der Waals surface area (Å²) >= 11 is 0. The molecule has 4 heteroatoms. The van der Waals surface area contributed by atoms with Gasteiger partial charge in [0.25, 0.3) is 0 Å². The summed E-state index contributed by atoms with van der Waals surface area (Å²) in [6, 6.07) is 4.16. The molecule has 0 fully saturated rings. The van der Waals surface area contributed by atoms with Crippen molar-refractivity contribution in [2.24, 2.45) is 0 Å². The van der Waals surface area contributed by atoms with Crippen LogP contribution in [0.3, 0.4) is 0 Å². The summed E-state index contributed by atoms with van der Waals surface area (Å²) in [5.41, 5.74) is 4.40. The predicted molar refractivity (Wildman–Crippen MR) is 75.1 cm³/mol. The van der Waals surface area contributed by atoms with Gasteiger partial charge >= 0.3 is 0 Å². The summed E-state index contributed by atoms with van der Waals surface area (Å²) in [4.78, 5) is 13.5. The summed E-state index contributed by atoms with van der Waals surface area (Å²) < 4.78 is 0. The van der Waals surface area contributed by atoms with Crippen molar-refractivity contribution in [2.75, 3.05) is 26.0 Å². The molecule has 0 unspecified atom stereocenters. The molecular weight excluding hydrogens is 236 g/mol. The normalized spacial score (nSPS) is 10.0. The van der Waals surface area contributed by atoms with Crippen LogP contribution in [0.25, 0.3) is 0 Å². The Hall–Kier alpha value is -1.06. The van der Waals surface area contributed by atoms with E-state index in [2.05, 4.69) is 24.4 Å². The number of carbonyl (C=O) groups excluding carboxylic acids is 1. The number of rotatable bonds is 3. The quantitative estimate of drug-likeness (QED) is 0.902. The van der Waals surface area contributed by atoms with E-state index in [-0.39, 0.29) is 18.3 Å². The maximum Gasteiger partial charge on any atom is 0.238 e. The fourth-order valence-corrected chi connectivity index (χ4v) is 1.84. The van der Waals surface area contributed by atoms with Gasteiger partial charge in [0.05, 0.1) is 6.54 Å². The highest BCUT2D eigenvalue weighted by molar-refractivity contribution is 5.93. The first-order chi connectivity index (χ1) is 7.40. The van der Waals surface area contributed by atoms with E-state index in [1.807, 2.05) is 32.8 Å². The molecule has 17 heavy (non-hydrogen) atoms. The number of halogens is 1. The molecule has 3 nitrogen and oxygen atoms in total. The van der Waals surface area contributed by atoms with Crippen molar-refractivity contribution >= 4 is 24.0 Å². The number of likely N-dealkylation sites (N-methyl/N-ethyl adjacent to an activating group) is 1. The maximum absolute atomic E-state index is 11.7. The van der Waals surface area contributed by atoms with Gasteiger partial charge in [-0.3, -0.25) is 4.79 Å². The summed E-state index contributed by atoms with van der Waals surface area (Å²) in [5, 5.41) is 2.96. The Kier molecular flexibility index (Phi) is 6.21. The van der Waals surface area contributed by atoms with Crippen molar-refractivity contribution in [2.45, 2.75) is 20.8 Å². The SMILES string of the molecule is Cc1cc(C)c(NC(=O)CN(C)C)c(C)c1.Cl. The zero-order chi connectivity index (χ0) is 12.3. The number of benzene rings is 1. The number of hydrogen-bond acceptors (Lipinski definition) is 2. The number of amides is 1. The number of aryl methyl sites for hydroxylation is 3. The van der Waals surface area contributed by atoms with Crippen LogP contribution in [-0.4, -0.2) is 31.4 Å². The Labute approximate surface area is 110 Å². The molecule has 1 amide bonds. The molecule has 0 heterocycles. The van der Waals surface area contributed by atoms with Crippen molar-refractivity contribution in [3.63, 3.8) is 0 Å². The molecule has 0 saturated heterocycles. The Bertz CT molecular complexity index is 379. The minimum atomic E-state index is 0. The van der Waals surface area contributed by atoms with Crippen LogP contribution in [0.15, 0.2) is 12.1 Å². The zero-order valence-corrected chi connectivity index (χ0v) is 11.9. The lowest BCUT2D eigenvalue weighted by Gasteiger charge is -2.14. The van der Waals surface area contributed by atoms with Crippen molar-refractivity contribution < 1.29 is 4.79 Å². The van der Waals surface area contributed by atoms with Crippen LogP contribution >= 0.6 is 12.4 Å². The van der Waals surface area contributed by atoms with Crippen LogP contribution in [0.4, 0.5) is 5.69 Å². The third kappa shape index (κ3) is 4.75. The topological polar surface area (TPSA) is 32.3 Å². The van der Waals surface area contributed by atoms with E-state index in [9.17, 15) is 4.79 Å². The van der Waals surface area contributed by atoms with Gasteiger partial charge in [-0.2, -0.15) is 0 Å². The average Bonchev–Trinajstić information content (AvgIpc) is 2.09. The third-order valence-electron chi connectivity index (χ3n) is 2.40. The summed E-state index contributed by atoms with van der Waals surface area (Å²) in [5.74, 6) is 0.0278. The minimum Gasteiger partial charge on any atom is -0.324 e. The Morgan fingerprint density at radius 1 is 1.18 bits per heavy atom. The van der Waals surface area contributed by atoms with Crippen molar-refractivity contribution in [3.8, 4) is 0 Å². The van der Waals surface area contributed by atoms with Gasteiger partial charge in [-0.1, -0.05) is 17.7 Å². The Morgan fingerprint density at radius 2 is 1.65 bits per heavy atom. The van der Waals surface area contributed by atoms with Gasteiger partial charge in [0.15, 0.2) is 0 Å². The molecule has 0 radical (unpaired) electrons. The highest BCUT2D eigenvalue weighted by Gasteiger charge is 2.08. The van der Waals surface area contributed by atoms with E-state index < -0.39 is 0 Å². The van der Waals surface area contributed by atoms with Gasteiger partial charge in [-0.25, -0.2) is 0 Å². The highest BCUT2D eigenvalue weighted by Crippen LogP contribution is 2.21. The maximum atomic E-state index is 11.7. The van der Waals surface area contributed by atoms with E-state index in [1.54, 1.807) is 0 Å². The van der Waals surface area contributed by atoms with E-state index >= 15 is 0 Å². The van der Waals surface area contributed by atoms with Gasteiger partial charge in [-0.15, -0.1) is 12.4 Å². The van der Waals surface area contributed by atoms with Gasteiger partial charge in [-0.05, 0) is 46.0 Å². The molecule has 0 aliphatic heterocycles. The third-order valence-corrected chi connectivity index (χ3v) is 2.40. The van der Waals surface area contributed by atoms with Crippen molar-refractivity contribution in [1.82, 2.24) is 4.90 Å². The van der Waals surface area contributed by atoms with Crippen LogP contribution in [0, 0.1) is 20.8 Å². The van der Waals surface area contributed by atoms with Crippen molar-refractivity contribution in [3.05, 3.63) is 28.8 Å². The largest absolute Gasteiger partial charge is 0.324 e. The van der Waals surface area contributed by atoms with Crippen LogP contribution < -0.4 is 5.32 Å². The molecule has 0 aliphatic carbocycles. The van der Waals surface area contributed by atoms with Crippen LogP contribution in [0.1, 0.15) is 16.7 Å². The monoisotopic (exact) mass is 256 g/mol. The van der Waals surface area contributed by atoms with Gasteiger partial charge in [0, 0.05) is 5.69 Å². The molecule has 0 saturated carbocycles. The molecular formula is C13H21ClN2O. The molecule has 1 N–H and O–H groups in total. The lowest BCUT2D eigenvalue weighted by atomic mass is 10.1. The molecule has 0 atom stereocenters. The average molecular weight is 257 g/mol. The standard InChI is InChI=1S/C13H20N2O.ClH/c1-9-6-10(2)13(11(3)7-9)14-12(16)8-15(4)5;/h6-7H,8H2,1-5H3,(H,14,16);1H. The molecule has 0 aromatic heterocycles. The Balaban J connectivity index is 0.00000256. The molecule has 1 aromatic carbocycles.